The van der Waals surface area contributed by atoms with Crippen molar-refractivity contribution >= 4 is 50.0 Å². The molecule has 0 bridgehead atoms. The maximum Gasteiger partial charge on any atom is 0.357 e. The highest BCUT2D eigenvalue weighted by atomic mass is 32.2. The smallest absolute Gasteiger partial charge is 0.357 e. The van der Waals surface area contributed by atoms with Crippen LogP contribution in [0, 0.1) is 12.7 Å². The summed E-state index contributed by atoms with van der Waals surface area (Å²) in [5, 5.41) is 11.4. The van der Waals surface area contributed by atoms with Crippen LogP contribution in [0.5, 0.6) is 17.2 Å². The number of anilines is 4. The molecule has 6 aromatic rings. The standard InChI is InChI=1S/C35H30FN7O7S/c1-21-5-3-4-6-32(21)51(45,46)42-50-34(44)22-7-8-23(30(16-22)47-2)20-43-28-11-9-25(15-24(28)18-38-43)40-35-37-19-27(36)33(41-35)39-26-10-12-29-31(17-26)49-14-13-48-29/h3-12,15-19,42H,13-14,20H2,1-2H3,(H2,37,39,40,41). The number of methoxy groups -OCH3 is 1. The SMILES string of the molecule is COc1cc(C(=O)ONS(=O)(=O)c2ccccc2C)ccc1Cn1ncc2cc(Nc3ncc(F)c(Nc4ccc5c(c4)OCCO5)n3)ccc21. The van der Waals surface area contributed by atoms with Gasteiger partial charge in [-0.2, -0.15) is 10.1 Å². The third kappa shape index (κ3) is 7.22. The van der Waals surface area contributed by atoms with Crippen molar-refractivity contribution < 1.29 is 36.7 Å². The van der Waals surface area contributed by atoms with Gasteiger partial charge in [0.25, 0.3) is 10.0 Å². The molecule has 0 saturated heterocycles. The van der Waals surface area contributed by atoms with E-state index in [2.05, 4.69) is 25.7 Å². The van der Waals surface area contributed by atoms with Crippen molar-refractivity contribution in [2.24, 2.45) is 0 Å². The lowest BCUT2D eigenvalue weighted by Crippen LogP contribution is -2.28. The minimum Gasteiger partial charge on any atom is -0.496 e. The Morgan fingerprint density at radius 2 is 1.73 bits per heavy atom. The van der Waals surface area contributed by atoms with E-state index in [1.165, 1.54) is 25.3 Å². The zero-order valence-corrected chi connectivity index (χ0v) is 28.0. The van der Waals surface area contributed by atoms with Crippen molar-refractivity contribution in [1.29, 1.82) is 0 Å². The van der Waals surface area contributed by atoms with E-state index >= 15 is 0 Å². The molecular formula is C35H30FN7O7S. The number of benzene rings is 4. The van der Waals surface area contributed by atoms with E-state index in [1.807, 2.05) is 23.1 Å². The van der Waals surface area contributed by atoms with Crippen molar-refractivity contribution in [3.63, 3.8) is 0 Å². The van der Waals surface area contributed by atoms with E-state index < -0.39 is 21.8 Å². The van der Waals surface area contributed by atoms with Gasteiger partial charge in [0, 0.05) is 28.4 Å². The van der Waals surface area contributed by atoms with Gasteiger partial charge < -0.3 is 29.7 Å². The maximum absolute atomic E-state index is 14.6. The number of hydrogen-bond acceptors (Lipinski definition) is 12. The summed E-state index contributed by atoms with van der Waals surface area (Å²) in [5.74, 6) is 0.180. The largest absolute Gasteiger partial charge is 0.496 e. The molecule has 14 nitrogen and oxygen atoms in total. The Balaban J connectivity index is 1.02. The van der Waals surface area contributed by atoms with Crippen molar-refractivity contribution in [2.45, 2.75) is 18.4 Å². The second-order valence-electron chi connectivity index (χ2n) is 11.3. The first-order valence-electron chi connectivity index (χ1n) is 15.5. The first-order valence-corrected chi connectivity index (χ1v) is 17.0. The molecule has 0 amide bonds. The molecule has 7 rings (SSSR count). The van der Waals surface area contributed by atoms with Gasteiger partial charge in [0.1, 0.15) is 19.0 Å². The monoisotopic (exact) mass is 711 g/mol. The second-order valence-corrected chi connectivity index (χ2v) is 13.0. The highest BCUT2D eigenvalue weighted by Gasteiger charge is 2.21. The molecule has 1 aliphatic rings. The van der Waals surface area contributed by atoms with Crippen LogP contribution in [0.25, 0.3) is 10.9 Å². The Hall–Kier alpha value is -6.26. The first kappa shape index (κ1) is 33.2. The number of fused-ring (bicyclic) bond motifs is 2. The highest BCUT2D eigenvalue weighted by Crippen LogP contribution is 2.34. The lowest BCUT2D eigenvalue weighted by atomic mass is 10.1. The number of sulfonamides is 1. The minimum absolute atomic E-state index is 0.000559. The zero-order valence-electron chi connectivity index (χ0n) is 27.2. The molecule has 0 saturated carbocycles. The molecular weight excluding hydrogens is 681 g/mol. The van der Waals surface area contributed by atoms with Gasteiger partial charge in [0.2, 0.25) is 5.95 Å². The van der Waals surface area contributed by atoms with E-state index in [0.29, 0.717) is 59.5 Å². The number of carbonyl (C=O) groups is 1. The number of halogens is 1. The van der Waals surface area contributed by atoms with Crippen molar-refractivity contribution in [3.05, 3.63) is 114 Å². The molecule has 0 spiro atoms. The normalized spacial score (nSPS) is 12.4. The molecule has 51 heavy (non-hydrogen) atoms. The average molecular weight is 712 g/mol. The summed E-state index contributed by atoms with van der Waals surface area (Å²) < 4.78 is 58.4. The number of ether oxygens (including phenoxy) is 3. The molecule has 16 heteroatoms. The van der Waals surface area contributed by atoms with Gasteiger partial charge in [0.05, 0.1) is 42.0 Å². The fourth-order valence-corrected chi connectivity index (χ4v) is 6.44. The number of aromatic nitrogens is 4. The zero-order chi connectivity index (χ0) is 35.5. The Labute approximate surface area is 291 Å². The predicted octanol–water partition coefficient (Wildman–Crippen LogP) is 5.64. The first-order chi connectivity index (χ1) is 24.7. The van der Waals surface area contributed by atoms with Gasteiger partial charge in [-0.15, -0.1) is 0 Å². The predicted molar refractivity (Wildman–Crippen MR) is 185 cm³/mol. The number of aryl methyl sites for hydroxylation is 1. The third-order valence-electron chi connectivity index (χ3n) is 7.92. The highest BCUT2D eigenvalue weighted by molar-refractivity contribution is 7.89. The summed E-state index contributed by atoms with van der Waals surface area (Å²) in [6, 6.07) is 21.7. The molecule has 3 heterocycles. The summed E-state index contributed by atoms with van der Waals surface area (Å²) in [6.07, 6.45) is 2.77. The van der Waals surface area contributed by atoms with Crippen LogP contribution in [0.2, 0.25) is 0 Å². The molecule has 0 radical (unpaired) electrons. The molecule has 3 N–H and O–H groups in total. The van der Waals surface area contributed by atoms with Crippen LogP contribution < -0.4 is 29.7 Å². The van der Waals surface area contributed by atoms with Crippen LogP contribution in [-0.2, 0) is 21.4 Å². The van der Waals surface area contributed by atoms with Gasteiger partial charge in [-0.25, -0.2) is 22.6 Å². The lowest BCUT2D eigenvalue weighted by Gasteiger charge is -2.19. The number of nitrogens with one attached hydrogen (secondary N) is 3. The molecule has 0 unspecified atom stereocenters. The summed E-state index contributed by atoms with van der Waals surface area (Å²) in [5.41, 5.74) is 3.32. The van der Waals surface area contributed by atoms with Gasteiger partial charge in [-0.05, 0) is 65.9 Å². The molecule has 0 fully saturated rings. The van der Waals surface area contributed by atoms with Crippen molar-refractivity contribution in [3.8, 4) is 17.2 Å². The average Bonchev–Trinajstić information content (AvgIpc) is 3.53. The van der Waals surface area contributed by atoms with E-state index in [1.54, 1.807) is 60.3 Å². The number of carbonyl (C=O) groups excluding carboxylic acids is 1. The van der Waals surface area contributed by atoms with Gasteiger partial charge in [-0.1, -0.05) is 24.3 Å². The van der Waals surface area contributed by atoms with Crippen molar-refractivity contribution in [1.82, 2.24) is 24.6 Å². The quantitative estimate of drug-likeness (QED) is 0.142. The van der Waals surface area contributed by atoms with E-state index in [-0.39, 0.29) is 22.2 Å². The molecule has 0 aliphatic carbocycles. The second kappa shape index (κ2) is 13.9. The van der Waals surface area contributed by atoms with Crippen LogP contribution in [0.4, 0.5) is 27.5 Å². The van der Waals surface area contributed by atoms with E-state index in [0.717, 1.165) is 17.1 Å². The lowest BCUT2D eigenvalue weighted by molar-refractivity contribution is 0.0407. The van der Waals surface area contributed by atoms with Gasteiger partial charge >= 0.3 is 5.97 Å². The van der Waals surface area contributed by atoms with E-state index in [4.69, 9.17) is 19.0 Å². The Morgan fingerprint density at radius 3 is 2.55 bits per heavy atom. The molecule has 1 aliphatic heterocycles. The fraction of sp³-hybridized carbons (Fsp3) is 0.143. The van der Waals surface area contributed by atoms with Gasteiger partial charge in [0.15, 0.2) is 23.1 Å². The minimum atomic E-state index is -4.08. The number of hydrogen-bond donors (Lipinski definition) is 3. The summed E-state index contributed by atoms with van der Waals surface area (Å²) in [4.78, 5) is 27.9. The van der Waals surface area contributed by atoms with Crippen molar-refractivity contribution in [2.75, 3.05) is 31.0 Å². The van der Waals surface area contributed by atoms with Crippen LogP contribution >= 0.6 is 0 Å². The van der Waals surface area contributed by atoms with Crippen LogP contribution in [0.3, 0.4) is 0 Å². The Bertz CT molecular complexity index is 2390. The summed E-state index contributed by atoms with van der Waals surface area (Å²) in [7, 11) is -2.62. The summed E-state index contributed by atoms with van der Waals surface area (Å²) in [6.45, 7) is 2.84. The fourth-order valence-electron chi connectivity index (χ4n) is 5.41. The van der Waals surface area contributed by atoms with E-state index in [9.17, 15) is 17.6 Å². The van der Waals surface area contributed by atoms with Crippen LogP contribution in [0.1, 0.15) is 21.5 Å². The Kier molecular flexibility index (Phi) is 9.08. The maximum atomic E-state index is 14.6. The van der Waals surface area contributed by atoms with Crippen LogP contribution in [0.15, 0.2) is 96.2 Å². The topological polar surface area (TPSA) is 168 Å². The molecule has 4 aromatic carbocycles. The third-order valence-corrected chi connectivity index (χ3v) is 9.26. The molecule has 0 atom stereocenters. The van der Waals surface area contributed by atoms with Gasteiger partial charge in [-0.3, -0.25) is 4.68 Å². The van der Waals surface area contributed by atoms with Crippen LogP contribution in [-0.4, -0.2) is 54.5 Å². The molecule has 2 aromatic heterocycles. The number of rotatable bonds is 11. The number of nitrogens with zero attached hydrogens (tertiary/aromatic N) is 4. The Morgan fingerprint density at radius 1 is 0.941 bits per heavy atom. The summed E-state index contributed by atoms with van der Waals surface area (Å²) >= 11 is 0. The molecule has 260 valence electrons.